The average Bonchev–Trinajstić information content (AvgIpc) is 2.40. The number of halogens is 3. The highest BCUT2D eigenvalue weighted by Crippen LogP contribution is 2.34. The summed E-state index contributed by atoms with van der Waals surface area (Å²) in [7, 11) is 1.61. The molecule has 0 aliphatic heterocycles. The van der Waals surface area contributed by atoms with Crippen molar-refractivity contribution in [2.24, 2.45) is 5.73 Å². The molecule has 0 heterocycles. The highest BCUT2D eigenvalue weighted by atomic mass is 79.9. The van der Waals surface area contributed by atoms with Gasteiger partial charge in [0.2, 0.25) is 0 Å². The van der Waals surface area contributed by atoms with Gasteiger partial charge in [-0.25, -0.2) is 0 Å². The standard InChI is InChI=1S/C14H12Br2ClNO/c1-19-9-3-4-10(13(17)7-9)14(18)11-6-8(15)2-5-12(11)16/h2-7,14H,18H2,1H3. The van der Waals surface area contributed by atoms with Gasteiger partial charge in [0.1, 0.15) is 5.75 Å². The van der Waals surface area contributed by atoms with Crippen LogP contribution in [0.15, 0.2) is 45.3 Å². The van der Waals surface area contributed by atoms with E-state index in [1.54, 1.807) is 13.2 Å². The Labute approximate surface area is 134 Å². The predicted molar refractivity (Wildman–Crippen MR) is 85.9 cm³/mol. The molecule has 0 saturated heterocycles. The molecule has 0 aliphatic carbocycles. The molecule has 0 aliphatic rings. The zero-order chi connectivity index (χ0) is 14.0. The minimum atomic E-state index is -0.301. The second-order valence-corrected chi connectivity index (χ2v) is 6.21. The molecule has 1 unspecified atom stereocenters. The first kappa shape index (κ1) is 14.9. The number of rotatable bonds is 3. The molecule has 0 saturated carbocycles. The van der Waals surface area contributed by atoms with Gasteiger partial charge in [0, 0.05) is 14.0 Å². The Morgan fingerprint density at radius 3 is 2.47 bits per heavy atom. The zero-order valence-electron chi connectivity index (χ0n) is 10.2. The van der Waals surface area contributed by atoms with E-state index in [9.17, 15) is 0 Å². The second kappa shape index (κ2) is 6.27. The van der Waals surface area contributed by atoms with Crippen LogP contribution in [0.4, 0.5) is 0 Å². The zero-order valence-corrected chi connectivity index (χ0v) is 14.1. The van der Waals surface area contributed by atoms with E-state index in [1.165, 1.54) is 0 Å². The van der Waals surface area contributed by atoms with Crippen molar-refractivity contribution in [1.29, 1.82) is 0 Å². The van der Waals surface area contributed by atoms with Crippen LogP contribution in [0.1, 0.15) is 17.2 Å². The molecular formula is C14H12Br2ClNO. The quantitative estimate of drug-likeness (QED) is 0.787. The molecule has 2 aromatic rings. The molecule has 0 bridgehead atoms. The topological polar surface area (TPSA) is 35.2 Å². The highest BCUT2D eigenvalue weighted by Gasteiger charge is 2.16. The fraction of sp³-hybridized carbons (Fsp3) is 0.143. The fourth-order valence-corrected chi connectivity index (χ4v) is 2.97. The minimum absolute atomic E-state index is 0.301. The van der Waals surface area contributed by atoms with Gasteiger partial charge in [-0.15, -0.1) is 0 Å². The molecule has 1 atom stereocenters. The maximum atomic E-state index is 6.30. The Bertz CT molecular complexity index is 604. The van der Waals surface area contributed by atoms with Crippen molar-refractivity contribution in [2.75, 3.05) is 7.11 Å². The number of hydrogen-bond donors (Lipinski definition) is 1. The molecule has 2 rings (SSSR count). The van der Waals surface area contributed by atoms with E-state index in [-0.39, 0.29) is 6.04 Å². The molecule has 2 aromatic carbocycles. The fourth-order valence-electron chi connectivity index (χ4n) is 1.81. The average molecular weight is 406 g/mol. The first-order chi connectivity index (χ1) is 9.02. The molecule has 5 heteroatoms. The van der Waals surface area contributed by atoms with Gasteiger partial charge in [-0.05, 0) is 41.5 Å². The van der Waals surface area contributed by atoms with Crippen LogP contribution in [0.25, 0.3) is 0 Å². The first-order valence-electron chi connectivity index (χ1n) is 5.57. The summed E-state index contributed by atoms with van der Waals surface area (Å²) in [5.41, 5.74) is 8.14. The van der Waals surface area contributed by atoms with Gasteiger partial charge in [0.15, 0.2) is 0 Å². The van der Waals surface area contributed by atoms with E-state index in [1.807, 2.05) is 30.3 Å². The molecule has 100 valence electrons. The largest absolute Gasteiger partial charge is 0.497 e. The number of benzene rings is 2. The molecule has 2 nitrogen and oxygen atoms in total. The van der Waals surface area contributed by atoms with Crippen LogP contribution < -0.4 is 10.5 Å². The van der Waals surface area contributed by atoms with E-state index in [0.717, 1.165) is 20.1 Å². The number of hydrogen-bond acceptors (Lipinski definition) is 2. The Hall–Kier alpha value is -0.550. The third-order valence-corrected chi connectivity index (χ3v) is 4.38. The lowest BCUT2D eigenvalue weighted by Crippen LogP contribution is -2.13. The molecule has 0 amide bonds. The number of methoxy groups -OCH3 is 1. The molecule has 0 spiro atoms. The summed E-state index contributed by atoms with van der Waals surface area (Å²) in [6, 6.07) is 11.1. The minimum Gasteiger partial charge on any atom is -0.497 e. The van der Waals surface area contributed by atoms with E-state index < -0.39 is 0 Å². The van der Waals surface area contributed by atoms with Crippen molar-refractivity contribution in [3.05, 3.63) is 61.5 Å². The summed E-state index contributed by atoms with van der Waals surface area (Å²) in [4.78, 5) is 0. The lowest BCUT2D eigenvalue weighted by Gasteiger charge is -2.17. The van der Waals surface area contributed by atoms with Gasteiger partial charge in [-0.3, -0.25) is 0 Å². The SMILES string of the molecule is COc1ccc(C(N)c2cc(Br)ccc2Br)c(Cl)c1. The van der Waals surface area contributed by atoms with E-state index in [2.05, 4.69) is 31.9 Å². The Morgan fingerprint density at radius 1 is 1.11 bits per heavy atom. The molecule has 0 radical (unpaired) electrons. The predicted octanol–water partition coefficient (Wildman–Crippen LogP) is 4.92. The highest BCUT2D eigenvalue weighted by molar-refractivity contribution is 9.11. The second-order valence-electron chi connectivity index (χ2n) is 4.03. The first-order valence-corrected chi connectivity index (χ1v) is 7.53. The molecular weight excluding hydrogens is 393 g/mol. The molecule has 0 aromatic heterocycles. The van der Waals surface area contributed by atoms with Crippen LogP contribution >= 0.6 is 43.5 Å². The van der Waals surface area contributed by atoms with Crippen LogP contribution in [0.3, 0.4) is 0 Å². The summed E-state index contributed by atoms with van der Waals surface area (Å²) in [5.74, 6) is 0.717. The monoisotopic (exact) mass is 403 g/mol. The van der Waals surface area contributed by atoms with Crippen LogP contribution in [0.5, 0.6) is 5.75 Å². The third kappa shape index (κ3) is 3.31. The van der Waals surface area contributed by atoms with Gasteiger partial charge < -0.3 is 10.5 Å². The van der Waals surface area contributed by atoms with Crippen molar-refractivity contribution >= 4 is 43.5 Å². The van der Waals surface area contributed by atoms with Crippen LogP contribution in [0, 0.1) is 0 Å². The van der Waals surface area contributed by atoms with Crippen molar-refractivity contribution in [3.8, 4) is 5.75 Å². The lowest BCUT2D eigenvalue weighted by atomic mass is 9.99. The lowest BCUT2D eigenvalue weighted by molar-refractivity contribution is 0.414. The van der Waals surface area contributed by atoms with Crippen molar-refractivity contribution < 1.29 is 4.74 Å². The summed E-state index contributed by atoms with van der Waals surface area (Å²) >= 11 is 13.2. The summed E-state index contributed by atoms with van der Waals surface area (Å²) < 4.78 is 7.07. The summed E-state index contributed by atoms with van der Waals surface area (Å²) in [6.07, 6.45) is 0. The van der Waals surface area contributed by atoms with Gasteiger partial charge in [-0.2, -0.15) is 0 Å². The third-order valence-electron chi connectivity index (χ3n) is 2.84. The van der Waals surface area contributed by atoms with E-state index >= 15 is 0 Å². The molecule has 19 heavy (non-hydrogen) atoms. The Balaban J connectivity index is 2.43. The van der Waals surface area contributed by atoms with Gasteiger partial charge >= 0.3 is 0 Å². The Kier molecular flexibility index (Phi) is 4.90. The van der Waals surface area contributed by atoms with Crippen molar-refractivity contribution in [2.45, 2.75) is 6.04 Å². The maximum absolute atomic E-state index is 6.30. The van der Waals surface area contributed by atoms with Gasteiger partial charge in [0.25, 0.3) is 0 Å². The molecule has 2 N–H and O–H groups in total. The Morgan fingerprint density at radius 2 is 1.84 bits per heavy atom. The van der Waals surface area contributed by atoms with Crippen molar-refractivity contribution in [3.63, 3.8) is 0 Å². The van der Waals surface area contributed by atoms with Gasteiger partial charge in [-0.1, -0.05) is 49.5 Å². The van der Waals surface area contributed by atoms with Gasteiger partial charge in [0.05, 0.1) is 13.2 Å². The normalized spacial score (nSPS) is 12.3. The van der Waals surface area contributed by atoms with E-state index in [0.29, 0.717) is 10.8 Å². The smallest absolute Gasteiger partial charge is 0.120 e. The molecule has 0 fully saturated rings. The number of nitrogens with two attached hydrogens (primary N) is 1. The summed E-state index contributed by atoms with van der Waals surface area (Å²) in [5, 5.41) is 0.596. The maximum Gasteiger partial charge on any atom is 0.120 e. The van der Waals surface area contributed by atoms with Crippen LogP contribution in [-0.2, 0) is 0 Å². The van der Waals surface area contributed by atoms with Crippen LogP contribution in [0.2, 0.25) is 5.02 Å². The van der Waals surface area contributed by atoms with E-state index in [4.69, 9.17) is 22.1 Å². The number of ether oxygens (including phenoxy) is 1. The summed E-state index contributed by atoms with van der Waals surface area (Å²) in [6.45, 7) is 0. The van der Waals surface area contributed by atoms with Crippen molar-refractivity contribution in [1.82, 2.24) is 0 Å². The van der Waals surface area contributed by atoms with Crippen LogP contribution in [-0.4, -0.2) is 7.11 Å².